The quantitative estimate of drug-likeness (QED) is 0.153. The van der Waals surface area contributed by atoms with Crippen LogP contribution in [-0.4, -0.2) is 4.57 Å². The average molecular weight is 744 g/mol. The van der Waals surface area contributed by atoms with Gasteiger partial charge in [0.2, 0.25) is 0 Å². The largest absolute Gasteiger partial charge is 0.309 e. The van der Waals surface area contributed by atoms with Crippen LogP contribution in [0.3, 0.4) is 0 Å². The number of nitrogens with zero attached hydrogens (tertiary/aromatic N) is 1. The molecule has 0 aliphatic rings. The lowest BCUT2D eigenvalue weighted by Crippen LogP contribution is -2.31. The van der Waals surface area contributed by atoms with Crippen LogP contribution >= 0.6 is 14.3 Å². The van der Waals surface area contributed by atoms with Crippen LogP contribution < -0.4 is 31.8 Å². The Bertz CT molecular complexity index is 2840. The van der Waals surface area contributed by atoms with Crippen molar-refractivity contribution >= 4 is 89.5 Å². The SMILES string of the molecule is O=P(c1ccccc1)(c1ccccc1)c1cc(-n2c3ccc4ccccc4c3c3c4ccccc4ccc32)cc(P(=O)(c2ccccc2)c2ccccc2)c1. The highest BCUT2D eigenvalue weighted by Gasteiger charge is 2.35. The Morgan fingerprint density at radius 1 is 0.309 bits per heavy atom. The maximum Gasteiger partial charge on any atom is 0.171 e. The summed E-state index contributed by atoms with van der Waals surface area (Å²) in [6, 6.07) is 70.9. The highest BCUT2D eigenvalue weighted by molar-refractivity contribution is 7.86. The molecule has 262 valence electrons. The van der Waals surface area contributed by atoms with Crippen molar-refractivity contribution in [3.63, 3.8) is 0 Å². The van der Waals surface area contributed by atoms with Crippen molar-refractivity contribution in [2.45, 2.75) is 0 Å². The molecule has 0 radical (unpaired) electrons. The van der Waals surface area contributed by atoms with E-state index in [1.165, 1.54) is 0 Å². The zero-order valence-electron chi connectivity index (χ0n) is 29.9. The maximum absolute atomic E-state index is 16.3. The fourth-order valence-electron chi connectivity index (χ4n) is 8.34. The molecule has 0 atom stereocenters. The summed E-state index contributed by atoms with van der Waals surface area (Å²) in [4.78, 5) is 0. The van der Waals surface area contributed by atoms with E-state index in [-0.39, 0.29) is 0 Å². The molecule has 0 fully saturated rings. The molecule has 9 aromatic carbocycles. The van der Waals surface area contributed by atoms with Crippen LogP contribution in [0.1, 0.15) is 0 Å². The van der Waals surface area contributed by atoms with Crippen molar-refractivity contribution in [1.82, 2.24) is 4.57 Å². The molecule has 0 unspecified atom stereocenters. The highest BCUT2D eigenvalue weighted by atomic mass is 31.2. The first kappa shape index (κ1) is 33.3. The number of fused-ring (bicyclic) bond motifs is 7. The van der Waals surface area contributed by atoms with Crippen molar-refractivity contribution < 1.29 is 9.13 Å². The molecule has 10 rings (SSSR count). The number of benzene rings is 9. The zero-order valence-corrected chi connectivity index (χ0v) is 31.7. The van der Waals surface area contributed by atoms with Gasteiger partial charge < -0.3 is 13.7 Å². The number of hydrogen-bond donors (Lipinski definition) is 0. The lowest BCUT2D eigenvalue weighted by molar-refractivity contribution is 0.592. The summed E-state index contributed by atoms with van der Waals surface area (Å²) < 4.78 is 34.8. The first-order valence-electron chi connectivity index (χ1n) is 18.5. The van der Waals surface area contributed by atoms with Gasteiger partial charge in [0.05, 0.1) is 11.0 Å². The lowest BCUT2D eigenvalue weighted by Gasteiger charge is -2.25. The van der Waals surface area contributed by atoms with E-state index >= 15 is 9.13 Å². The van der Waals surface area contributed by atoms with E-state index in [2.05, 4.69) is 89.5 Å². The molecule has 10 aromatic rings. The van der Waals surface area contributed by atoms with Crippen molar-refractivity contribution in [3.05, 3.63) is 212 Å². The third kappa shape index (κ3) is 5.27. The minimum atomic E-state index is -3.52. The first-order chi connectivity index (χ1) is 27.0. The third-order valence-electron chi connectivity index (χ3n) is 10.9. The summed E-state index contributed by atoms with van der Waals surface area (Å²) in [5, 5.41) is 11.1. The molecule has 3 nitrogen and oxygen atoms in total. The minimum absolute atomic E-state index is 0.626. The van der Waals surface area contributed by atoms with E-state index in [4.69, 9.17) is 0 Å². The second kappa shape index (κ2) is 13.3. The molecule has 0 saturated heterocycles. The van der Waals surface area contributed by atoms with Gasteiger partial charge in [-0.05, 0) is 51.9 Å². The maximum atomic E-state index is 16.3. The Hall–Kier alpha value is -6.24. The van der Waals surface area contributed by atoms with Gasteiger partial charge in [0.1, 0.15) is 0 Å². The summed E-state index contributed by atoms with van der Waals surface area (Å²) in [6.07, 6.45) is 0. The third-order valence-corrected chi connectivity index (χ3v) is 17.0. The molecule has 0 aliphatic carbocycles. The fraction of sp³-hybridized carbons (Fsp3) is 0. The Balaban J connectivity index is 1.39. The first-order valence-corrected chi connectivity index (χ1v) is 21.9. The molecule has 5 heteroatoms. The predicted molar refractivity (Wildman–Crippen MR) is 235 cm³/mol. The zero-order chi connectivity index (χ0) is 37.0. The van der Waals surface area contributed by atoms with Gasteiger partial charge in [0, 0.05) is 48.3 Å². The molecule has 0 amide bonds. The molecule has 1 heterocycles. The molecule has 0 aliphatic heterocycles. The number of rotatable bonds is 7. The van der Waals surface area contributed by atoms with Gasteiger partial charge in [-0.3, -0.25) is 0 Å². The summed E-state index contributed by atoms with van der Waals surface area (Å²) in [7, 11) is -7.04. The van der Waals surface area contributed by atoms with E-state index in [0.29, 0.717) is 10.6 Å². The average Bonchev–Trinajstić information content (AvgIpc) is 3.62. The molecule has 0 saturated carbocycles. The molecule has 1 aromatic heterocycles. The van der Waals surface area contributed by atoms with Crippen molar-refractivity contribution in [3.8, 4) is 5.69 Å². The predicted octanol–water partition coefficient (Wildman–Crippen LogP) is 10.4. The molecule has 0 bridgehead atoms. The van der Waals surface area contributed by atoms with E-state index in [1.807, 2.05) is 127 Å². The van der Waals surface area contributed by atoms with Gasteiger partial charge in [-0.15, -0.1) is 0 Å². The van der Waals surface area contributed by atoms with Crippen molar-refractivity contribution in [1.29, 1.82) is 0 Å². The van der Waals surface area contributed by atoms with Gasteiger partial charge in [-0.25, -0.2) is 0 Å². The number of aromatic nitrogens is 1. The molecular formula is C50H35NO2P2. The van der Waals surface area contributed by atoms with Crippen LogP contribution in [-0.2, 0) is 9.13 Å². The van der Waals surface area contributed by atoms with Crippen LogP contribution in [0.15, 0.2) is 212 Å². The number of hydrogen-bond acceptors (Lipinski definition) is 2. The van der Waals surface area contributed by atoms with Crippen molar-refractivity contribution in [2.75, 3.05) is 0 Å². The van der Waals surface area contributed by atoms with E-state index in [9.17, 15) is 0 Å². The van der Waals surface area contributed by atoms with Crippen LogP contribution in [0, 0.1) is 0 Å². The van der Waals surface area contributed by atoms with Gasteiger partial charge >= 0.3 is 0 Å². The van der Waals surface area contributed by atoms with Gasteiger partial charge in [0.15, 0.2) is 14.3 Å². The summed E-state index contributed by atoms with van der Waals surface area (Å²) in [5.41, 5.74) is 2.85. The van der Waals surface area contributed by atoms with Crippen LogP contribution in [0.5, 0.6) is 0 Å². The van der Waals surface area contributed by atoms with Crippen molar-refractivity contribution in [2.24, 2.45) is 0 Å². The van der Waals surface area contributed by atoms with Gasteiger partial charge in [0.25, 0.3) is 0 Å². The second-order valence-corrected chi connectivity index (χ2v) is 19.5. The van der Waals surface area contributed by atoms with Gasteiger partial charge in [-0.2, -0.15) is 0 Å². The monoisotopic (exact) mass is 743 g/mol. The Morgan fingerprint density at radius 2 is 0.636 bits per heavy atom. The molecule has 55 heavy (non-hydrogen) atoms. The standard InChI is InChI=1S/C50H35NO2P2/c52-54(39-19-5-1-6-20-39,40-21-7-2-8-22-40)43-33-38(34-44(35-43)55(53,41-23-9-3-10-24-41)42-25-11-4-12-26-42)51-47-31-29-36-17-13-15-27-45(36)49(47)50-46-28-16-14-18-37(46)30-32-48(50)51/h1-35H. The van der Waals surface area contributed by atoms with Crippen LogP contribution in [0.25, 0.3) is 49.0 Å². The topological polar surface area (TPSA) is 39.1 Å². The fourth-order valence-corrected chi connectivity index (χ4v) is 13.9. The van der Waals surface area contributed by atoms with Gasteiger partial charge in [-0.1, -0.05) is 182 Å². The molecule has 0 N–H and O–H groups in total. The Kier molecular flexibility index (Phi) is 8.03. The molecular weight excluding hydrogens is 709 g/mol. The second-order valence-electron chi connectivity index (χ2n) is 14.0. The summed E-state index contributed by atoms with van der Waals surface area (Å²) >= 11 is 0. The highest BCUT2D eigenvalue weighted by Crippen LogP contribution is 2.48. The normalized spacial score (nSPS) is 12.1. The summed E-state index contributed by atoms with van der Waals surface area (Å²) in [6.45, 7) is 0. The van der Waals surface area contributed by atoms with E-state index in [1.54, 1.807) is 0 Å². The minimum Gasteiger partial charge on any atom is -0.309 e. The summed E-state index contributed by atoms with van der Waals surface area (Å²) in [5.74, 6) is 0. The van der Waals surface area contributed by atoms with E-state index in [0.717, 1.165) is 70.3 Å². The Morgan fingerprint density at radius 3 is 1.00 bits per heavy atom. The van der Waals surface area contributed by atoms with Crippen LogP contribution in [0.2, 0.25) is 0 Å². The smallest absolute Gasteiger partial charge is 0.171 e. The Labute approximate surface area is 319 Å². The van der Waals surface area contributed by atoms with Crippen LogP contribution in [0.4, 0.5) is 0 Å². The molecule has 0 spiro atoms. The lowest BCUT2D eigenvalue weighted by atomic mass is 10.00. The van der Waals surface area contributed by atoms with E-state index < -0.39 is 14.3 Å².